The normalized spacial score (nSPS) is 20.1. The largest absolute Gasteiger partial charge is 0.343 e. The molecule has 0 bridgehead atoms. The molecule has 3 aromatic rings. The number of aromatic nitrogens is 2. The Morgan fingerprint density at radius 2 is 1.79 bits per heavy atom. The second kappa shape index (κ2) is 6.70. The summed E-state index contributed by atoms with van der Waals surface area (Å²) >= 11 is 3.52. The number of fused-ring (bicyclic) bond motifs is 1. The number of Topliss-reactive ketones (excluding diaryl/α,β-unsaturated/α-hetero) is 1. The molecular formula is C24H22BrN3O. The first-order chi connectivity index (χ1) is 13.9. The van der Waals surface area contributed by atoms with E-state index in [1.165, 1.54) is 0 Å². The number of rotatable bonds is 2. The monoisotopic (exact) mass is 447 g/mol. The minimum absolute atomic E-state index is 0.0440. The third-order valence-electron chi connectivity index (χ3n) is 5.71. The highest BCUT2D eigenvalue weighted by Gasteiger charge is 2.41. The van der Waals surface area contributed by atoms with Crippen LogP contribution in [0.1, 0.15) is 38.3 Å². The summed E-state index contributed by atoms with van der Waals surface area (Å²) < 4.78 is 2.99. The van der Waals surface area contributed by atoms with Crippen molar-refractivity contribution in [2.45, 2.75) is 32.7 Å². The molecular weight excluding hydrogens is 426 g/mol. The van der Waals surface area contributed by atoms with Crippen molar-refractivity contribution in [3.05, 3.63) is 82.0 Å². The standard InChI is InChI=1S/C24H22BrN3O/c1-24(2)13-19-22(20(29)14-24)23(16-8-10-17(25)11-9-16)28-21(26-19)12-18(27-28)15-6-4-3-5-7-15/h3-12,23,26H,13-14H2,1-2H3/t23-/m1/s1. The third kappa shape index (κ3) is 3.23. The molecule has 1 N–H and O–H groups in total. The van der Waals surface area contributed by atoms with Crippen molar-refractivity contribution >= 4 is 27.5 Å². The second-order valence-corrected chi connectivity index (χ2v) is 9.55. The van der Waals surface area contributed by atoms with E-state index in [1.54, 1.807) is 0 Å². The SMILES string of the molecule is CC1(C)CC(=O)C2=C(C1)Nc1cc(-c3ccccc3)nn1[C@@H]2c1ccc(Br)cc1. The summed E-state index contributed by atoms with van der Waals surface area (Å²) in [7, 11) is 0. The summed E-state index contributed by atoms with van der Waals surface area (Å²) in [6.45, 7) is 4.32. The van der Waals surface area contributed by atoms with Gasteiger partial charge in [0.2, 0.25) is 0 Å². The number of ketones is 1. The van der Waals surface area contributed by atoms with Gasteiger partial charge in [0.1, 0.15) is 11.9 Å². The molecule has 4 nitrogen and oxygen atoms in total. The van der Waals surface area contributed by atoms with Gasteiger partial charge in [-0.25, -0.2) is 4.68 Å². The Morgan fingerprint density at radius 3 is 2.52 bits per heavy atom. The van der Waals surface area contributed by atoms with E-state index in [0.29, 0.717) is 6.42 Å². The van der Waals surface area contributed by atoms with Gasteiger partial charge in [-0.1, -0.05) is 72.2 Å². The molecule has 5 heteroatoms. The minimum Gasteiger partial charge on any atom is -0.343 e. The Labute approximate surface area is 178 Å². The van der Waals surface area contributed by atoms with Gasteiger partial charge in [-0.05, 0) is 29.5 Å². The van der Waals surface area contributed by atoms with Gasteiger partial charge in [0.25, 0.3) is 0 Å². The number of allylic oxidation sites excluding steroid dienone is 2. The van der Waals surface area contributed by atoms with E-state index in [9.17, 15) is 4.79 Å². The molecule has 0 amide bonds. The molecule has 2 aromatic carbocycles. The van der Waals surface area contributed by atoms with Crippen LogP contribution < -0.4 is 5.32 Å². The molecule has 1 atom stereocenters. The Balaban J connectivity index is 1.69. The van der Waals surface area contributed by atoms with Gasteiger partial charge in [0.05, 0.1) is 5.69 Å². The van der Waals surface area contributed by atoms with Gasteiger partial charge in [-0.2, -0.15) is 5.10 Å². The van der Waals surface area contributed by atoms with E-state index >= 15 is 0 Å². The Morgan fingerprint density at radius 1 is 1.07 bits per heavy atom. The molecule has 1 aliphatic heterocycles. The van der Waals surface area contributed by atoms with Crippen LogP contribution >= 0.6 is 15.9 Å². The lowest BCUT2D eigenvalue weighted by atomic mass is 9.73. The maximum absolute atomic E-state index is 13.2. The van der Waals surface area contributed by atoms with E-state index < -0.39 is 0 Å². The summed E-state index contributed by atoms with van der Waals surface area (Å²) in [6, 6.07) is 20.2. The second-order valence-electron chi connectivity index (χ2n) is 8.64. The lowest BCUT2D eigenvalue weighted by Gasteiger charge is -2.38. The van der Waals surface area contributed by atoms with Crippen LogP contribution in [-0.4, -0.2) is 15.6 Å². The van der Waals surface area contributed by atoms with Gasteiger partial charge in [-0.15, -0.1) is 0 Å². The van der Waals surface area contributed by atoms with Crippen molar-refractivity contribution in [1.29, 1.82) is 0 Å². The smallest absolute Gasteiger partial charge is 0.163 e. The van der Waals surface area contributed by atoms with E-state index in [-0.39, 0.29) is 17.2 Å². The number of hydrogen-bond donors (Lipinski definition) is 1. The van der Waals surface area contributed by atoms with Gasteiger partial charge >= 0.3 is 0 Å². The van der Waals surface area contributed by atoms with E-state index in [1.807, 2.05) is 35.0 Å². The molecule has 2 heterocycles. The highest BCUT2D eigenvalue weighted by atomic mass is 79.9. The summed E-state index contributed by atoms with van der Waals surface area (Å²) in [4.78, 5) is 13.2. The minimum atomic E-state index is -0.213. The number of anilines is 1. The summed E-state index contributed by atoms with van der Waals surface area (Å²) in [6.07, 6.45) is 1.41. The van der Waals surface area contributed by atoms with Gasteiger partial charge in [0.15, 0.2) is 5.78 Å². The molecule has 0 unspecified atom stereocenters. The number of halogens is 1. The Kier molecular flexibility index (Phi) is 4.24. The molecule has 5 rings (SSSR count). The average Bonchev–Trinajstić information content (AvgIpc) is 3.10. The molecule has 1 aromatic heterocycles. The molecule has 1 aliphatic carbocycles. The molecule has 0 saturated heterocycles. The number of carbonyl (C=O) groups is 1. The maximum atomic E-state index is 13.2. The van der Waals surface area contributed by atoms with Crippen molar-refractivity contribution in [3.63, 3.8) is 0 Å². The molecule has 146 valence electrons. The van der Waals surface area contributed by atoms with Crippen LogP contribution in [0.5, 0.6) is 0 Å². The van der Waals surface area contributed by atoms with Crippen LogP contribution in [-0.2, 0) is 4.79 Å². The molecule has 29 heavy (non-hydrogen) atoms. The zero-order valence-corrected chi connectivity index (χ0v) is 18.0. The van der Waals surface area contributed by atoms with Crippen LogP contribution in [0.4, 0.5) is 5.82 Å². The van der Waals surface area contributed by atoms with Crippen LogP contribution in [0.15, 0.2) is 76.4 Å². The third-order valence-corrected chi connectivity index (χ3v) is 6.24. The fraction of sp³-hybridized carbons (Fsp3) is 0.250. The van der Waals surface area contributed by atoms with E-state index in [2.05, 4.69) is 65.4 Å². The summed E-state index contributed by atoms with van der Waals surface area (Å²) in [5, 5.41) is 8.46. The fourth-order valence-electron chi connectivity index (χ4n) is 4.43. The zero-order valence-electron chi connectivity index (χ0n) is 16.4. The van der Waals surface area contributed by atoms with Gasteiger partial charge in [0, 0.05) is 33.8 Å². The Hall–Kier alpha value is -2.66. The molecule has 2 aliphatic rings. The van der Waals surface area contributed by atoms with E-state index in [0.717, 1.165) is 44.8 Å². The zero-order chi connectivity index (χ0) is 20.2. The lowest BCUT2D eigenvalue weighted by molar-refractivity contribution is -0.118. The average molecular weight is 448 g/mol. The molecule has 0 radical (unpaired) electrons. The van der Waals surface area contributed by atoms with Crippen molar-refractivity contribution in [2.24, 2.45) is 5.41 Å². The van der Waals surface area contributed by atoms with Crippen molar-refractivity contribution in [1.82, 2.24) is 9.78 Å². The highest BCUT2D eigenvalue weighted by molar-refractivity contribution is 9.10. The van der Waals surface area contributed by atoms with Crippen LogP contribution in [0.2, 0.25) is 0 Å². The number of nitrogens with zero attached hydrogens (tertiary/aromatic N) is 2. The summed E-state index contributed by atoms with van der Waals surface area (Å²) in [5.74, 6) is 1.14. The number of nitrogens with one attached hydrogen (secondary N) is 1. The molecule has 0 spiro atoms. The van der Waals surface area contributed by atoms with Crippen molar-refractivity contribution in [2.75, 3.05) is 5.32 Å². The van der Waals surface area contributed by atoms with Gasteiger partial charge < -0.3 is 5.32 Å². The predicted molar refractivity (Wildman–Crippen MR) is 119 cm³/mol. The first kappa shape index (κ1) is 18.4. The predicted octanol–water partition coefficient (Wildman–Crippen LogP) is 5.97. The van der Waals surface area contributed by atoms with Crippen LogP contribution in [0.3, 0.4) is 0 Å². The summed E-state index contributed by atoms with van der Waals surface area (Å²) in [5.41, 5.74) is 4.88. The quantitative estimate of drug-likeness (QED) is 0.526. The number of carbonyl (C=O) groups excluding carboxylic acids is 1. The number of hydrogen-bond acceptors (Lipinski definition) is 3. The van der Waals surface area contributed by atoms with Gasteiger partial charge in [-0.3, -0.25) is 4.79 Å². The van der Waals surface area contributed by atoms with E-state index in [4.69, 9.17) is 5.10 Å². The molecule has 0 fully saturated rings. The van der Waals surface area contributed by atoms with Crippen LogP contribution in [0.25, 0.3) is 11.3 Å². The van der Waals surface area contributed by atoms with Crippen molar-refractivity contribution < 1.29 is 4.79 Å². The lowest BCUT2D eigenvalue weighted by Crippen LogP contribution is -2.36. The Bertz CT molecular complexity index is 1130. The van der Waals surface area contributed by atoms with Crippen molar-refractivity contribution in [3.8, 4) is 11.3 Å². The first-order valence-electron chi connectivity index (χ1n) is 9.85. The topological polar surface area (TPSA) is 46.9 Å². The highest BCUT2D eigenvalue weighted by Crippen LogP contribution is 2.46. The molecule has 0 saturated carbocycles. The fourth-order valence-corrected chi connectivity index (χ4v) is 4.69. The first-order valence-corrected chi connectivity index (χ1v) is 10.6. The van der Waals surface area contributed by atoms with Crippen LogP contribution in [0, 0.1) is 5.41 Å². The number of benzene rings is 2. The maximum Gasteiger partial charge on any atom is 0.163 e.